The van der Waals surface area contributed by atoms with Gasteiger partial charge in [-0.1, -0.05) is 60.3 Å². The van der Waals surface area contributed by atoms with Crippen LogP contribution in [0.25, 0.3) is 0 Å². The highest BCUT2D eigenvalue weighted by atomic mass is 32.2. The van der Waals surface area contributed by atoms with Gasteiger partial charge in [-0.25, -0.2) is 13.2 Å². The van der Waals surface area contributed by atoms with E-state index in [0.29, 0.717) is 51.6 Å². The van der Waals surface area contributed by atoms with Crippen LogP contribution < -0.4 is 21.3 Å². The normalized spacial score (nSPS) is 21.2. The third-order valence-electron chi connectivity index (χ3n) is 9.47. The Kier molecular flexibility index (Phi) is 13.3. The molecular weight excluding hydrogens is 624 g/mol. The predicted molar refractivity (Wildman–Crippen MR) is 180 cm³/mol. The molecule has 0 spiro atoms. The van der Waals surface area contributed by atoms with Crippen LogP contribution in [0.4, 0.5) is 4.79 Å². The van der Waals surface area contributed by atoms with Gasteiger partial charge in [0, 0.05) is 25.2 Å². The van der Waals surface area contributed by atoms with Gasteiger partial charge in [0.2, 0.25) is 27.6 Å². The summed E-state index contributed by atoms with van der Waals surface area (Å²) in [6.45, 7) is 13.4. The lowest BCUT2D eigenvalue weighted by molar-refractivity contribution is -0.143. The third-order valence-corrected chi connectivity index (χ3v) is 11.8. The maximum Gasteiger partial charge on any atom is 0.315 e. The molecule has 13 nitrogen and oxygen atoms in total. The first kappa shape index (κ1) is 38.7. The molecule has 268 valence electrons. The Balaban J connectivity index is 1.75. The number of amides is 5. The number of hydrogen-bond donors (Lipinski definition) is 4. The highest BCUT2D eigenvalue weighted by molar-refractivity contribution is 7.89. The van der Waals surface area contributed by atoms with Gasteiger partial charge in [-0.15, -0.1) is 0 Å². The van der Waals surface area contributed by atoms with Crippen molar-refractivity contribution in [3.8, 4) is 0 Å². The molecule has 4 N–H and O–H groups in total. The Morgan fingerprint density at radius 3 is 2.11 bits per heavy atom. The second-order valence-electron chi connectivity index (χ2n) is 14.9. The topological polar surface area (TPSA) is 174 Å². The number of carbonyl (C=O) groups is 5. The van der Waals surface area contributed by atoms with Crippen LogP contribution in [0.5, 0.6) is 0 Å². The Morgan fingerprint density at radius 2 is 1.57 bits per heavy atom. The average molecular weight is 683 g/mol. The van der Waals surface area contributed by atoms with Crippen molar-refractivity contribution in [2.75, 3.05) is 18.8 Å². The first-order chi connectivity index (χ1) is 21.9. The lowest BCUT2D eigenvalue weighted by atomic mass is 9.83. The first-order valence-corrected chi connectivity index (χ1v) is 19.1. The lowest BCUT2D eigenvalue weighted by Crippen LogP contribution is -2.63. The second-order valence-corrected chi connectivity index (χ2v) is 16.9. The second kappa shape index (κ2) is 16.1. The molecule has 1 aliphatic heterocycles. The number of carbonyl (C=O) groups excluding carboxylic acids is 5. The zero-order chi connectivity index (χ0) is 35.2. The summed E-state index contributed by atoms with van der Waals surface area (Å²) >= 11 is 0. The molecule has 0 aromatic heterocycles. The standard InChI is InChI=1S/C33H58N6O7S/c1-8-14-24(26(40)29(42)34-23-16-17-23)35-28(41)25-15-13-20-38(25)30(43)27(32(5,6)7)36-31(44)37-33(18-11-10-12-19-33)21-47(45,46)39(9-2)22(3)4/h22-25,27H,8-21H2,1-7H3,(H,34,42)(H,35,41)(H2,36,37,44)/t24-,25-,27+/m0/s1. The molecular formula is C33H58N6O7S. The Hall–Kier alpha value is -2.74. The number of sulfonamides is 1. The van der Waals surface area contributed by atoms with Gasteiger partial charge < -0.3 is 26.2 Å². The van der Waals surface area contributed by atoms with Crippen molar-refractivity contribution >= 4 is 39.6 Å². The van der Waals surface area contributed by atoms with Crippen molar-refractivity contribution in [2.45, 2.75) is 155 Å². The van der Waals surface area contributed by atoms with Crippen LogP contribution >= 0.6 is 0 Å². The molecule has 0 aromatic carbocycles. The fourth-order valence-electron chi connectivity index (χ4n) is 6.84. The summed E-state index contributed by atoms with van der Waals surface area (Å²) in [5, 5.41) is 11.3. The van der Waals surface area contributed by atoms with E-state index in [1.165, 1.54) is 9.21 Å². The smallest absolute Gasteiger partial charge is 0.315 e. The molecule has 2 saturated carbocycles. The molecule has 0 aromatic rings. The largest absolute Gasteiger partial charge is 0.347 e. The maximum atomic E-state index is 14.1. The minimum Gasteiger partial charge on any atom is -0.347 e. The number of nitrogens with zero attached hydrogens (tertiary/aromatic N) is 2. The van der Waals surface area contributed by atoms with E-state index >= 15 is 0 Å². The van der Waals surface area contributed by atoms with E-state index in [1.54, 1.807) is 6.92 Å². The van der Waals surface area contributed by atoms with Gasteiger partial charge >= 0.3 is 6.03 Å². The molecule has 2 aliphatic carbocycles. The lowest BCUT2D eigenvalue weighted by Gasteiger charge is -2.41. The monoisotopic (exact) mass is 682 g/mol. The Labute approximate surface area is 281 Å². The summed E-state index contributed by atoms with van der Waals surface area (Å²) in [7, 11) is -3.69. The summed E-state index contributed by atoms with van der Waals surface area (Å²) in [5.74, 6) is -2.56. The molecule has 0 unspecified atom stereocenters. The minimum atomic E-state index is -3.69. The van der Waals surface area contributed by atoms with Gasteiger partial charge in [0.05, 0.1) is 17.3 Å². The summed E-state index contributed by atoms with van der Waals surface area (Å²) in [4.78, 5) is 68.0. The van der Waals surface area contributed by atoms with Crippen molar-refractivity contribution in [2.24, 2.45) is 5.41 Å². The summed E-state index contributed by atoms with van der Waals surface area (Å²) in [6, 6.07) is -3.71. The highest BCUT2D eigenvalue weighted by Crippen LogP contribution is 2.32. The maximum absolute atomic E-state index is 14.1. The van der Waals surface area contributed by atoms with Crippen molar-refractivity contribution in [3.05, 3.63) is 0 Å². The molecule has 3 rings (SSSR count). The highest BCUT2D eigenvalue weighted by Gasteiger charge is 2.45. The first-order valence-electron chi connectivity index (χ1n) is 17.5. The molecule has 14 heteroatoms. The van der Waals surface area contributed by atoms with Gasteiger partial charge in [-0.2, -0.15) is 4.31 Å². The summed E-state index contributed by atoms with van der Waals surface area (Å²) in [5.41, 5.74) is -1.72. The molecule has 1 heterocycles. The fourth-order valence-corrected chi connectivity index (χ4v) is 9.10. The summed E-state index contributed by atoms with van der Waals surface area (Å²) < 4.78 is 28.4. The van der Waals surface area contributed by atoms with Gasteiger partial charge in [0.1, 0.15) is 12.1 Å². The number of nitrogens with one attached hydrogen (secondary N) is 4. The number of urea groups is 1. The number of ketones is 1. The molecule has 3 fully saturated rings. The van der Waals surface area contributed by atoms with Gasteiger partial charge in [-0.3, -0.25) is 19.2 Å². The van der Waals surface area contributed by atoms with Crippen LogP contribution in [0, 0.1) is 5.41 Å². The number of rotatable bonds is 15. The van der Waals surface area contributed by atoms with Crippen molar-refractivity contribution in [1.29, 1.82) is 0 Å². The van der Waals surface area contributed by atoms with E-state index in [2.05, 4.69) is 21.3 Å². The van der Waals surface area contributed by atoms with E-state index in [-0.39, 0.29) is 17.8 Å². The Bertz CT molecular complexity index is 1250. The average Bonchev–Trinajstić information content (AvgIpc) is 3.64. The quantitative estimate of drug-likeness (QED) is 0.192. The zero-order valence-electron chi connectivity index (χ0n) is 29.4. The molecule has 3 atom stereocenters. The SMILES string of the molecule is CCC[C@H](NC(=O)[C@@H]1CCCN1C(=O)[C@@H](NC(=O)NC1(CS(=O)(=O)N(CC)C(C)C)CCCCC1)C(C)(C)C)C(=O)C(=O)NC1CC1. The van der Waals surface area contributed by atoms with Crippen molar-refractivity contribution in [1.82, 2.24) is 30.5 Å². The Morgan fingerprint density at radius 1 is 0.936 bits per heavy atom. The van der Waals surface area contributed by atoms with Crippen LogP contribution in [-0.4, -0.2) is 102 Å². The van der Waals surface area contributed by atoms with E-state index in [9.17, 15) is 32.4 Å². The van der Waals surface area contributed by atoms with Crippen molar-refractivity contribution in [3.63, 3.8) is 0 Å². The fraction of sp³-hybridized carbons (Fsp3) is 0.848. The molecule has 3 aliphatic rings. The summed E-state index contributed by atoms with van der Waals surface area (Å²) in [6.07, 6.45) is 6.99. The third kappa shape index (κ3) is 10.4. The molecule has 5 amide bonds. The van der Waals surface area contributed by atoms with Gasteiger partial charge in [0.25, 0.3) is 5.91 Å². The van der Waals surface area contributed by atoms with Crippen molar-refractivity contribution < 1.29 is 32.4 Å². The predicted octanol–water partition coefficient (Wildman–Crippen LogP) is 2.59. The zero-order valence-corrected chi connectivity index (χ0v) is 30.3. The molecule has 47 heavy (non-hydrogen) atoms. The van der Waals surface area contributed by atoms with Crippen LogP contribution in [0.1, 0.15) is 119 Å². The van der Waals surface area contributed by atoms with E-state index in [1.807, 2.05) is 41.5 Å². The van der Waals surface area contributed by atoms with Gasteiger partial charge in [0.15, 0.2) is 0 Å². The molecule has 0 bridgehead atoms. The van der Waals surface area contributed by atoms with E-state index < -0.39 is 68.6 Å². The number of likely N-dealkylation sites (tertiary alicyclic amines) is 1. The van der Waals surface area contributed by atoms with Crippen LogP contribution in [0.15, 0.2) is 0 Å². The molecule has 0 radical (unpaired) electrons. The molecule has 1 saturated heterocycles. The number of hydrogen-bond acceptors (Lipinski definition) is 7. The van der Waals surface area contributed by atoms with Gasteiger partial charge in [-0.05, 0) is 64.2 Å². The minimum absolute atomic E-state index is 0.00914. The van der Waals surface area contributed by atoms with E-state index in [4.69, 9.17) is 0 Å². The number of Topliss-reactive ketones (excluding diaryl/α,β-unsaturated/α-hetero) is 1. The van der Waals surface area contributed by atoms with Crippen LogP contribution in [0.2, 0.25) is 0 Å². The van der Waals surface area contributed by atoms with E-state index in [0.717, 1.165) is 32.1 Å². The van der Waals surface area contributed by atoms with Crippen LogP contribution in [0.3, 0.4) is 0 Å². The van der Waals surface area contributed by atoms with Crippen LogP contribution in [-0.2, 0) is 29.2 Å².